The maximum Gasteiger partial charge on any atom is 0.252 e. The van der Waals surface area contributed by atoms with Crippen LogP contribution in [-0.2, 0) is 12.8 Å². The Hall–Kier alpha value is -2.50. The van der Waals surface area contributed by atoms with E-state index in [1.165, 1.54) is 0 Å². The molecule has 0 fully saturated rings. The minimum atomic E-state index is -0.232. The zero-order valence-electron chi connectivity index (χ0n) is 16.5. The number of thioether (sulfide) groups is 1. The first kappa shape index (κ1) is 21.2. The van der Waals surface area contributed by atoms with Crippen molar-refractivity contribution in [2.75, 3.05) is 12.8 Å². The molecule has 0 aliphatic rings. The van der Waals surface area contributed by atoms with Gasteiger partial charge in [-0.1, -0.05) is 6.92 Å². The number of nitriles is 1. The molecule has 1 amide bonds. The number of nitrogens with zero attached hydrogens (tertiary/aromatic N) is 4. The highest BCUT2D eigenvalue weighted by molar-refractivity contribution is 7.98. The molecule has 2 aromatic heterocycles. The normalized spacial score (nSPS) is 11.9. The summed E-state index contributed by atoms with van der Waals surface area (Å²) in [6.07, 6.45) is 9.69. The Labute approximate surface area is 178 Å². The average molecular weight is 426 g/mol. The lowest BCUT2D eigenvalue weighted by Gasteiger charge is -2.09. The number of aryl methyl sites for hydroxylation is 2. The second-order valence-corrected chi connectivity index (χ2v) is 8.85. The van der Waals surface area contributed by atoms with E-state index < -0.39 is 0 Å². The highest BCUT2D eigenvalue weighted by Crippen LogP contribution is 2.25. The molecule has 0 saturated carbocycles. The van der Waals surface area contributed by atoms with Gasteiger partial charge in [0, 0.05) is 29.3 Å². The van der Waals surface area contributed by atoms with Gasteiger partial charge in [-0.25, -0.2) is 15.0 Å². The zero-order valence-corrected chi connectivity index (χ0v) is 18.1. The predicted octanol–water partition coefficient (Wildman–Crippen LogP) is 4.26. The SMILES string of the molecule is CSc1cnc(CC[C@H](C)CCc2nc3ccc(C(=O)NCC#N)cc3s2)nc1. The molecule has 1 N–H and O–H groups in total. The Morgan fingerprint density at radius 2 is 2.03 bits per heavy atom. The van der Waals surface area contributed by atoms with Crippen LogP contribution in [0.2, 0.25) is 0 Å². The fourth-order valence-electron chi connectivity index (χ4n) is 2.91. The van der Waals surface area contributed by atoms with Gasteiger partial charge in [-0.05, 0) is 49.6 Å². The molecule has 1 atom stereocenters. The van der Waals surface area contributed by atoms with Gasteiger partial charge >= 0.3 is 0 Å². The fraction of sp³-hybridized carbons (Fsp3) is 0.381. The van der Waals surface area contributed by atoms with Crippen molar-refractivity contribution >= 4 is 39.2 Å². The number of hydrogen-bond acceptors (Lipinski definition) is 7. The van der Waals surface area contributed by atoms with Gasteiger partial charge in [0.1, 0.15) is 12.4 Å². The van der Waals surface area contributed by atoms with Crippen LogP contribution < -0.4 is 5.32 Å². The van der Waals surface area contributed by atoms with E-state index in [9.17, 15) is 4.79 Å². The van der Waals surface area contributed by atoms with E-state index in [4.69, 9.17) is 10.2 Å². The summed E-state index contributed by atoms with van der Waals surface area (Å²) in [5.74, 6) is 1.22. The van der Waals surface area contributed by atoms with Crippen LogP contribution in [0.15, 0.2) is 35.5 Å². The molecule has 0 saturated heterocycles. The Kier molecular flexibility index (Phi) is 7.55. The molecular formula is C21H23N5OS2. The topological polar surface area (TPSA) is 91.6 Å². The maximum absolute atomic E-state index is 12.0. The molecule has 2 heterocycles. The number of benzene rings is 1. The largest absolute Gasteiger partial charge is 0.339 e. The molecule has 150 valence electrons. The van der Waals surface area contributed by atoms with Crippen molar-refractivity contribution in [3.63, 3.8) is 0 Å². The number of amides is 1. The van der Waals surface area contributed by atoms with Gasteiger partial charge in [-0.3, -0.25) is 4.79 Å². The molecule has 0 bridgehead atoms. The van der Waals surface area contributed by atoms with Crippen LogP contribution in [0.1, 0.15) is 41.0 Å². The van der Waals surface area contributed by atoms with Gasteiger partial charge in [0.05, 0.1) is 21.3 Å². The number of nitrogens with one attached hydrogen (secondary N) is 1. The molecule has 3 rings (SSSR count). The number of hydrogen-bond donors (Lipinski definition) is 1. The quantitative estimate of drug-likeness (QED) is 0.407. The van der Waals surface area contributed by atoms with Gasteiger partial charge in [0.15, 0.2) is 0 Å². The Morgan fingerprint density at radius 3 is 2.76 bits per heavy atom. The second kappa shape index (κ2) is 10.3. The Balaban J connectivity index is 1.52. The number of carbonyl (C=O) groups excluding carboxylic acids is 1. The molecule has 3 aromatic rings. The number of aromatic nitrogens is 3. The molecule has 29 heavy (non-hydrogen) atoms. The van der Waals surface area contributed by atoms with E-state index >= 15 is 0 Å². The molecular weight excluding hydrogens is 402 g/mol. The van der Waals surface area contributed by atoms with E-state index in [1.54, 1.807) is 29.2 Å². The summed E-state index contributed by atoms with van der Waals surface area (Å²) in [6, 6.07) is 7.39. The lowest BCUT2D eigenvalue weighted by molar-refractivity contribution is 0.0958. The van der Waals surface area contributed by atoms with Crippen molar-refractivity contribution in [3.05, 3.63) is 47.0 Å². The first-order chi connectivity index (χ1) is 14.1. The van der Waals surface area contributed by atoms with E-state index in [-0.39, 0.29) is 12.5 Å². The third-order valence-electron chi connectivity index (χ3n) is 4.65. The second-order valence-electron chi connectivity index (χ2n) is 6.85. The van der Waals surface area contributed by atoms with Crippen molar-refractivity contribution in [1.82, 2.24) is 20.3 Å². The number of thiazole rings is 1. The van der Waals surface area contributed by atoms with Crippen molar-refractivity contribution in [2.24, 2.45) is 5.92 Å². The first-order valence-electron chi connectivity index (χ1n) is 9.48. The summed E-state index contributed by atoms with van der Waals surface area (Å²) in [7, 11) is 0. The summed E-state index contributed by atoms with van der Waals surface area (Å²) in [6.45, 7) is 2.26. The summed E-state index contributed by atoms with van der Waals surface area (Å²) in [5.41, 5.74) is 1.47. The third-order valence-corrected chi connectivity index (χ3v) is 6.41. The van der Waals surface area contributed by atoms with Crippen LogP contribution in [0.25, 0.3) is 10.2 Å². The molecule has 1 aromatic carbocycles. The highest BCUT2D eigenvalue weighted by Gasteiger charge is 2.11. The summed E-state index contributed by atoms with van der Waals surface area (Å²) < 4.78 is 1.000. The molecule has 0 aliphatic heterocycles. The Morgan fingerprint density at radius 1 is 1.28 bits per heavy atom. The van der Waals surface area contributed by atoms with Crippen LogP contribution in [-0.4, -0.2) is 33.7 Å². The van der Waals surface area contributed by atoms with Gasteiger partial charge in [-0.15, -0.1) is 23.1 Å². The summed E-state index contributed by atoms with van der Waals surface area (Å²) >= 11 is 3.28. The summed E-state index contributed by atoms with van der Waals surface area (Å²) in [5, 5.41) is 12.2. The van der Waals surface area contributed by atoms with Crippen molar-refractivity contribution in [1.29, 1.82) is 5.26 Å². The number of carbonyl (C=O) groups is 1. The first-order valence-corrected chi connectivity index (χ1v) is 11.5. The number of fused-ring (bicyclic) bond motifs is 1. The highest BCUT2D eigenvalue weighted by atomic mass is 32.2. The van der Waals surface area contributed by atoms with Gasteiger partial charge in [0.25, 0.3) is 5.91 Å². The van der Waals surface area contributed by atoms with Crippen LogP contribution in [0.3, 0.4) is 0 Å². The van der Waals surface area contributed by atoms with E-state index in [0.29, 0.717) is 11.5 Å². The Bertz CT molecular complexity index is 1010. The molecule has 0 spiro atoms. The van der Waals surface area contributed by atoms with Gasteiger partial charge in [-0.2, -0.15) is 5.26 Å². The third kappa shape index (κ3) is 5.99. The van der Waals surface area contributed by atoms with Crippen molar-refractivity contribution in [3.8, 4) is 6.07 Å². The van der Waals surface area contributed by atoms with Crippen molar-refractivity contribution < 1.29 is 4.79 Å². The van der Waals surface area contributed by atoms with E-state index in [1.807, 2.05) is 36.9 Å². The van der Waals surface area contributed by atoms with E-state index in [0.717, 1.165) is 51.6 Å². The monoisotopic (exact) mass is 425 g/mol. The fourth-order valence-corrected chi connectivity index (χ4v) is 4.25. The minimum Gasteiger partial charge on any atom is -0.339 e. The smallest absolute Gasteiger partial charge is 0.252 e. The average Bonchev–Trinajstić information content (AvgIpc) is 3.17. The standard InChI is InChI=1S/C21H23N5OS2/c1-14(3-7-19-24-12-16(28-2)13-25-19)4-8-20-26-17-6-5-15(11-18(17)29-20)21(27)23-10-9-22/h5-6,11-14H,3-4,7-8,10H2,1-2H3,(H,23,27)/t14-/m0/s1. The molecule has 6 nitrogen and oxygen atoms in total. The lowest BCUT2D eigenvalue weighted by Crippen LogP contribution is -2.23. The molecule has 0 aliphatic carbocycles. The van der Waals surface area contributed by atoms with Crippen LogP contribution >= 0.6 is 23.1 Å². The molecule has 0 unspecified atom stereocenters. The van der Waals surface area contributed by atoms with Crippen LogP contribution in [0.5, 0.6) is 0 Å². The molecule has 0 radical (unpaired) electrons. The van der Waals surface area contributed by atoms with Crippen LogP contribution in [0, 0.1) is 17.2 Å². The number of rotatable bonds is 9. The van der Waals surface area contributed by atoms with Crippen molar-refractivity contribution in [2.45, 2.75) is 37.5 Å². The van der Waals surface area contributed by atoms with Gasteiger partial charge < -0.3 is 5.32 Å². The van der Waals surface area contributed by atoms with E-state index in [2.05, 4.69) is 22.2 Å². The minimum absolute atomic E-state index is 0.00938. The van der Waals surface area contributed by atoms with Gasteiger partial charge in [0.2, 0.25) is 0 Å². The maximum atomic E-state index is 12.0. The molecule has 8 heteroatoms. The predicted molar refractivity (Wildman–Crippen MR) is 117 cm³/mol. The van der Waals surface area contributed by atoms with Crippen LogP contribution in [0.4, 0.5) is 0 Å². The summed E-state index contributed by atoms with van der Waals surface area (Å²) in [4.78, 5) is 26.6. The lowest BCUT2D eigenvalue weighted by atomic mass is 10.00. The zero-order chi connectivity index (χ0) is 20.6.